The Balaban J connectivity index is 1.78. The molecule has 2 aromatic heterocycles. The Morgan fingerprint density at radius 3 is 2.95 bits per heavy atom. The topological polar surface area (TPSA) is 85.8 Å². The Morgan fingerprint density at radius 2 is 2.24 bits per heavy atom. The van der Waals surface area contributed by atoms with Gasteiger partial charge in [-0.25, -0.2) is 4.98 Å². The van der Waals surface area contributed by atoms with Crippen LogP contribution >= 0.6 is 11.3 Å². The molecule has 0 spiro atoms. The van der Waals surface area contributed by atoms with Crippen molar-refractivity contribution in [3.63, 3.8) is 0 Å². The third-order valence-electron chi connectivity index (χ3n) is 2.85. The van der Waals surface area contributed by atoms with Gasteiger partial charge in [0.25, 0.3) is 5.91 Å². The normalized spacial score (nSPS) is 10.5. The Labute approximate surface area is 125 Å². The summed E-state index contributed by atoms with van der Waals surface area (Å²) in [6.45, 7) is 0. The van der Waals surface area contributed by atoms with Crippen LogP contribution in [-0.4, -0.2) is 20.7 Å². The zero-order valence-corrected chi connectivity index (χ0v) is 12.1. The molecular weight excluding hydrogens is 286 g/mol. The molecule has 0 aliphatic carbocycles. The number of thiazole rings is 1. The maximum absolute atomic E-state index is 12.0. The van der Waals surface area contributed by atoms with Crippen molar-refractivity contribution in [1.82, 2.24) is 14.8 Å². The van der Waals surface area contributed by atoms with Crippen molar-refractivity contribution in [3.8, 4) is 11.3 Å². The molecular formula is C14H13N5OS. The summed E-state index contributed by atoms with van der Waals surface area (Å²) >= 11 is 1.36. The van der Waals surface area contributed by atoms with Crippen LogP contribution in [0.3, 0.4) is 0 Å². The lowest BCUT2D eigenvalue weighted by Gasteiger charge is -1.99. The van der Waals surface area contributed by atoms with E-state index >= 15 is 0 Å². The summed E-state index contributed by atoms with van der Waals surface area (Å²) in [5.74, 6) is -0.274. The molecule has 106 valence electrons. The maximum Gasteiger partial charge on any atom is 0.277 e. The van der Waals surface area contributed by atoms with Crippen LogP contribution in [0.4, 0.5) is 10.8 Å². The van der Waals surface area contributed by atoms with Gasteiger partial charge in [0.15, 0.2) is 10.8 Å². The van der Waals surface area contributed by atoms with Crippen molar-refractivity contribution < 1.29 is 4.79 Å². The predicted octanol–water partition coefficient (Wildman–Crippen LogP) is 2.38. The monoisotopic (exact) mass is 299 g/mol. The lowest BCUT2D eigenvalue weighted by molar-refractivity contribution is 0.102. The van der Waals surface area contributed by atoms with Gasteiger partial charge in [-0.2, -0.15) is 5.10 Å². The molecule has 21 heavy (non-hydrogen) atoms. The largest absolute Gasteiger partial charge is 0.399 e. The minimum Gasteiger partial charge on any atom is -0.399 e. The van der Waals surface area contributed by atoms with Gasteiger partial charge in [0.2, 0.25) is 0 Å². The van der Waals surface area contributed by atoms with Crippen LogP contribution in [-0.2, 0) is 7.05 Å². The SMILES string of the molecule is Cn1ccc(C(=O)Nc2nc(-c3cccc(N)c3)cs2)n1. The fraction of sp³-hybridized carbons (Fsp3) is 0.0714. The minimum atomic E-state index is -0.274. The van der Waals surface area contributed by atoms with Crippen LogP contribution in [0.1, 0.15) is 10.5 Å². The molecule has 3 N–H and O–H groups in total. The van der Waals surface area contributed by atoms with Gasteiger partial charge in [-0.05, 0) is 18.2 Å². The molecule has 0 radical (unpaired) electrons. The molecule has 3 rings (SSSR count). The number of hydrogen-bond acceptors (Lipinski definition) is 5. The molecule has 0 atom stereocenters. The molecule has 2 heterocycles. The van der Waals surface area contributed by atoms with Crippen molar-refractivity contribution in [2.45, 2.75) is 0 Å². The van der Waals surface area contributed by atoms with E-state index in [1.807, 2.05) is 29.6 Å². The van der Waals surface area contributed by atoms with Crippen LogP contribution < -0.4 is 11.1 Å². The van der Waals surface area contributed by atoms with Crippen molar-refractivity contribution in [2.24, 2.45) is 7.05 Å². The molecule has 0 aliphatic heterocycles. The number of rotatable bonds is 3. The highest BCUT2D eigenvalue weighted by molar-refractivity contribution is 7.14. The fourth-order valence-corrected chi connectivity index (χ4v) is 2.57. The third-order valence-corrected chi connectivity index (χ3v) is 3.61. The number of nitrogen functional groups attached to an aromatic ring is 1. The number of nitrogens with zero attached hydrogens (tertiary/aromatic N) is 3. The van der Waals surface area contributed by atoms with E-state index in [9.17, 15) is 4.79 Å². The van der Waals surface area contributed by atoms with E-state index in [4.69, 9.17) is 5.73 Å². The molecule has 0 fully saturated rings. The summed E-state index contributed by atoms with van der Waals surface area (Å²) < 4.78 is 1.58. The van der Waals surface area contributed by atoms with Gasteiger partial charge in [-0.1, -0.05) is 12.1 Å². The number of hydrogen-bond donors (Lipinski definition) is 2. The second-order valence-electron chi connectivity index (χ2n) is 4.49. The number of carbonyl (C=O) groups excluding carboxylic acids is 1. The number of aromatic nitrogens is 3. The molecule has 0 bridgehead atoms. The van der Waals surface area contributed by atoms with E-state index in [1.54, 1.807) is 24.0 Å². The van der Waals surface area contributed by atoms with Crippen LogP contribution in [0, 0.1) is 0 Å². The van der Waals surface area contributed by atoms with Crippen molar-refractivity contribution in [3.05, 3.63) is 47.6 Å². The van der Waals surface area contributed by atoms with Gasteiger partial charge >= 0.3 is 0 Å². The maximum atomic E-state index is 12.0. The second kappa shape index (κ2) is 5.37. The quantitative estimate of drug-likeness (QED) is 0.727. The first-order valence-corrected chi connectivity index (χ1v) is 7.12. The van der Waals surface area contributed by atoms with Gasteiger partial charge in [-0.3, -0.25) is 14.8 Å². The van der Waals surface area contributed by atoms with Gasteiger partial charge in [0, 0.05) is 29.9 Å². The van der Waals surface area contributed by atoms with E-state index in [-0.39, 0.29) is 5.91 Å². The average molecular weight is 299 g/mol. The molecule has 0 unspecified atom stereocenters. The Morgan fingerprint density at radius 1 is 1.38 bits per heavy atom. The summed E-state index contributed by atoms with van der Waals surface area (Å²) in [5.41, 5.74) is 8.50. The third kappa shape index (κ3) is 2.92. The van der Waals surface area contributed by atoms with E-state index in [0.717, 1.165) is 11.3 Å². The Kier molecular flexibility index (Phi) is 3.41. The standard InChI is InChI=1S/C14H13N5OS/c1-19-6-5-11(18-19)13(20)17-14-16-12(8-21-14)9-3-2-4-10(15)7-9/h2-8H,15H2,1H3,(H,16,17,20). The predicted molar refractivity (Wildman–Crippen MR) is 83.1 cm³/mol. The highest BCUT2D eigenvalue weighted by Gasteiger charge is 2.12. The van der Waals surface area contributed by atoms with Gasteiger partial charge < -0.3 is 5.73 Å². The van der Waals surface area contributed by atoms with Crippen LogP contribution in [0.15, 0.2) is 41.9 Å². The van der Waals surface area contributed by atoms with Gasteiger partial charge in [-0.15, -0.1) is 11.3 Å². The second-order valence-corrected chi connectivity index (χ2v) is 5.35. The van der Waals surface area contributed by atoms with E-state index < -0.39 is 0 Å². The minimum absolute atomic E-state index is 0.274. The molecule has 0 saturated carbocycles. The highest BCUT2D eigenvalue weighted by atomic mass is 32.1. The molecule has 0 aliphatic rings. The van der Waals surface area contributed by atoms with E-state index in [0.29, 0.717) is 16.5 Å². The van der Waals surface area contributed by atoms with Crippen LogP contribution in [0.5, 0.6) is 0 Å². The number of benzene rings is 1. The van der Waals surface area contributed by atoms with Crippen LogP contribution in [0.25, 0.3) is 11.3 Å². The molecule has 1 aromatic carbocycles. The summed E-state index contributed by atoms with van der Waals surface area (Å²) in [4.78, 5) is 16.4. The molecule has 7 heteroatoms. The number of nitrogens with one attached hydrogen (secondary N) is 1. The summed E-state index contributed by atoms with van der Waals surface area (Å²) in [7, 11) is 1.76. The van der Waals surface area contributed by atoms with Gasteiger partial charge in [0.1, 0.15) is 0 Å². The zero-order valence-electron chi connectivity index (χ0n) is 11.3. The Bertz CT molecular complexity index is 792. The first-order valence-electron chi connectivity index (χ1n) is 6.24. The van der Waals surface area contributed by atoms with Crippen molar-refractivity contribution in [1.29, 1.82) is 0 Å². The van der Waals surface area contributed by atoms with E-state index in [1.165, 1.54) is 11.3 Å². The van der Waals surface area contributed by atoms with E-state index in [2.05, 4.69) is 15.4 Å². The van der Waals surface area contributed by atoms with Crippen molar-refractivity contribution in [2.75, 3.05) is 11.1 Å². The van der Waals surface area contributed by atoms with Crippen molar-refractivity contribution >= 4 is 28.1 Å². The lowest BCUT2D eigenvalue weighted by Crippen LogP contribution is -2.12. The molecule has 6 nitrogen and oxygen atoms in total. The average Bonchev–Trinajstić information content (AvgIpc) is 3.08. The first kappa shape index (κ1) is 13.3. The summed E-state index contributed by atoms with van der Waals surface area (Å²) in [5, 5.41) is 9.19. The molecule has 1 amide bonds. The number of aryl methyl sites for hydroxylation is 1. The number of carbonyl (C=O) groups is 1. The molecule has 3 aromatic rings. The smallest absolute Gasteiger partial charge is 0.277 e. The fourth-order valence-electron chi connectivity index (χ4n) is 1.86. The molecule has 0 saturated heterocycles. The van der Waals surface area contributed by atoms with Crippen LogP contribution in [0.2, 0.25) is 0 Å². The number of nitrogens with two attached hydrogens (primary N) is 1. The summed E-state index contributed by atoms with van der Waals surface area (Å²) in [6.07, 6.45) is 1.72. The first-order chi connectivity index (χ1) is 10.1. The lowest BCUT2D eigenvalue weighted by atomic mass is 10.1. The zero-order chi connectivity index (χ0) is 14.8. The summed E-state index contributed by atoms with van der Waals surface area (Å²) in [6, 6.07) is 9.12. The number of anilines is 2. The highest BCUT2D eigenvalue weighted by Crippen LogP contribution is 2.26. The number of amides is 1. The Hall–Kier alpha value is -2.67. The van der Waals surface area contributed by atoms with Gasteiger partial charge in [0.05, 0.1) is 5.69 Å².